The van der Waals surface area contributed by atoms with Crippen LogP contribution in [-0.2, 0) is 11.5 Å². The van der Waals surface area contributed by atoms with Crippen molar-refractivity contribution < 1.29 is 5.11 Å². The van der Waals surface area contributed by atoms with Gasteiger partial charge in [-0.15, -0.1) is 0 Å². The Morgan fingerprint density at radius 1 is 1.07 bits per heavy atom. The van der Waals surface area contributed by atoms with Gasteiger partial charge in [0.1, 0.15) is 5.75 Å². The molecule has 0 aliphatic carbocycles. The molecule has 0 unspecified atom stereocenters. The van der Waals surface area contributed by atoms with Crippen LogP contribution in [0, 0.1) is 0 Å². The van der Waals surface area contributed by atoms with Crippen molar-refractivity contribution >= 4 is 23.5 Å². The fraction of sp³-hybridized carbons (Fsp3) is 0.500. The van der Waals surface area contributed by atoms with Crippen molar-refractivity contribution in [1.29, 1.82) is 0 Å². The minimum atomic E-state index is 0.432. The SMILES string of the molecule is CCSCc1ccc(O)c(CSCC)c1. The molecule has 0 amide bonds. The molecule has 0 spiro atoms. The number of hydrogen-bond donors (Lipinski definition) is 1. The minimum Gasteiger partial charge on any atom is -0.508 e. The molecule has 1 nitrogen and oxygen atoms in total. The lowest BCUT2D eigenvalue weighted by atomic mass is 10.1. The molecule has 15 heavy (non-hydrogen) atoms. The second kappa shape index (κ2) is 7.07. The Morgan fingerprint density at radius 2 is 1.73 bits per heavy atom. The Labute approximate surface area is 101 Å². The quantitative estimate of drug-likeness (QED) is 0.817. The summed E-state index contributed by atoms with van der Waals surface area (Å²) in [6.07, 6.45) is 0. The number of thioether (sulfide) groups is 2. The summed E-state index contributed by atoms with van der Waals surface area (Å²) in [6, 6.07) is 5.95. The molecular formula is C12H18OS2. The van der Waals surface area contributed by atoms with Crippen LogP contribution in [-0.4, -0.2) is 16.6 Å². The van der Waals surface area contributed by atoms with E-state index in [0.29, 0.717) is 5.75 Å². The summed E-state index contributed by atoms with van der Waals surface area (Å²) in [7, 11) is 0. The van der Waals surface area contributed by atoms with E-state index < -0.39 is 0 Å². The molecule has 0 atom stereocenters. The molecule has 0 heterocycles. The lowest BCUT2D eigenvalue weighted by Crippen LogP contribution is -1.87. The molecule has 1 aromatic carbocycles. The van der Waals surface area contributed by atoms with Gasteiger partial charge in [0, 0.05) is 17.1 Å². The molecule has 84 valence electrons. The molecular weight excluding hydrogens is 224 g/mol. The molecule has 3 heteroatoms. The van der Waals surface area contributed by atoms with Crippen molar-refractivity contribution in [3.63, 3.8) is 0 Å². The number of phenols is 1. The van der Waals surface area contributed by atoms with Crippen molar-refractivity contribution in [2.45, 2.75) is 25.4 Å². The Bertz CT molecular complexity index is 300. The van der Waals surface area contributed by atoms with Gasteiger partial charge >= 0.3 is 0 Å². The third kappa shape index (κ3) is 4.39. The van der Waals surface area contributed by atoms with E-state index in [9.17, 15) is 5.11 Å². The van der Waals surface area contributed by atoms with Gasteiger partial charge in [-0.3, -0.25) is 0 Å². The van der Waals surface area contributed by atoms with Crippen LogP contribution in [0.4, 0.5) is 0 Å². The fourth-order valence-electron chi connectivity index (χ4n) is 1.28. The van der Waals surface area contributed by atoms with Gasteiger partial charge in [0.2, 0.25) is 0 Å². The van der Waals surface area contributed by atoms with Crippen LogP contribution >= 0.6 is 23.5 Å². The summed E-state index contributed by atoms with van der Waals surface area (Å²) in [5.74, 6) is 4.61. The molecule has 0 aromatic heterocycles. The predicted octanol–water partition coefficient (Wildman–Crippen LogP) is 3.90. The highest BCUT2D eigenvalue weighted by Gasteiger charge is 2.02. The van der Waals surface area contributed by atoms with Gasteiger partial charge in [0.05, 0.1) is 0 Å². The Kier molecular flexibility index (Phi) is 6.03. The lowest BCUT2D eigenvalue weighted by molar-refractivity contribution is 0.470. The Balaban J connectivity index is 2.66. The highest BCUT2D eigenvalue weighted by atomic mass is 32.2. The maximum Gasteiger partial charge on any atom is 0.119 e. The first-order valence-corrected chi connectivity index (χ1v) is 7.55. The maximum absolute atomic E-state index is 9.67. The number of hydrogen-bond acceptors (Lipinski definition) is 3. The smallest absolute Gasteiger partial charge is 0.119 e. The van der Waals surface area contributed by atoms with Gasteiger partial charge in [-0.05, 0) is 23.1 Å². The van der Waals surface area contributed by atoms with Crippen LogP contribution in [0.2, 0.25) is 0 Å². The van der Waals surface area contributed by atoms with Gasteiger partial charge in [-0.2, -0.15) is 23.5 Å². The Morgan fingerprint density at radius 3 is 2.40 bits per heavy atom. The summed E-state index contributed by atoms with van der Waals surface area (Å²) >= 11 is 3.75. The number of phenolic OH excluding ortho intramolecular Hbond substituents is 1. The third-order valence-corrected chi connectivity index (χ3v) is 3.95. The van der Waals surface area contributed by atoms with Crippen LogP contribution in [0.1, 0.15) is 25.0 Å². The van der Waals surface area contributed by atoms with Crippen molar-refractivity contribution in [3.8, 4) is 5.75 Å². The monoisotopic (exact) mass is 242 g/mol. The summed E-state index contributed by atoms with van der Waals surface area (Å²) in [6.45, 7) is 4.30. The third-order valence-electron chi connectivity index (χ3n) is 2.08. The second-order valence-corrected chi connectivity index (χ2v) is 5.79. The highest BCUT2D eigenvalue weighted by Crippen LogP contribution is 2.25. The van der Waals surface area contributed by atoms with Crippen LogP contribution in [0.3, 0.4) is 0 Å². The van der Waals surface area contributed by atoms with Crippen LogP contribution in [0.5, 0.6) is 5.75 Å². The largest absolute Gasteiger partial charge is 0.508 e. The van der Waals surface area contributed by atoms with E-state index in [1.165, 1.54) is 5.56 Å². The van der Waals surface area contributed by atoms with Crippen LogP contribution in [0.25, 0.3) is 0 Å². The van der Waals surface area contributed by atoms with Crippen molar-refractivity contribution in [1.82, 2.24) is 0 Å². The lowest BCUT2D eigenvalue weighted by Gasteiger charge is -2.06. The average molecular weight is 242 g/mol. The average Bonchev–Trinajstić information content (AvgIpc) is 2.26. The first-order valence-electron chi connectivity index (χ1n) is 5.24. The number of aromatic hydroxyl groups is 1. The van der Waals surface area contributed by atoms with E-state index in [1.54, 1.807) is 0 Å². The van der Waals surface area contributed by atoms with Crippen LogP contribution < -0.4 is 0 Å². The second-order valence-electron chi connectivity index (χ2n) is 3.24. The zero-order valence-corrected chi connectivity index (χ0v) is 11.0. The van der Waals surface area contributed by atoms with Gasteiger partial charge in [0.15, 0.2) is 0 Å². The zero-order chi connectivity index (χ0) is 11.1. The fourth-order valence-corrected chi connectivity index (χ4v) is 2.55. The van der Waals surface area contributed by atoms with E-state index in [4.69, 9.17) is 0 Å². The van der Waals surface area contributed by atoms with Crippen molar-refractivity contribution in [3.05, 3.63) is 29.3 Å². The molecule has 1 rings (SSSR count). The molecule has 0 fully saturated rings. The first kappa shape index (κ1) is 12.8. The summed E-state index contributed by atoms with van der Waals surface area (Å²) in [5, 5.41) is 9.67. The summed E-state index contributed by atoms with van der Waals surface area (Å²) in [5.41, 5.74) is 2.38. The normalized spacial score (nSPS) is 10.5. The molecule has 0 bridgehead atoms. The van der Waals surface area contributed by atoms with Gasteiger partial charge < -0.3 is 5.11 Å². The van der Waals surface area contributed by atoms with Crippen molar-refractivity contribution in [2.24, 2.45) is 0 Å². The van der Waals surface area contributed by atoms with Gasteiger partial charge in [-0.1, -0.05) is 26.0 Å². The summed E-state index contributed by atoms with van der Waals surface area (Å²) < 4.78 is 0. The van der Waals surface area contributed by atoms with Crippen LogP contribution in [0.15, 0.2) is 18.2 Å². The maximum atomic E-state index is 9.67. The minimum absolute atomic E-state index is 0.432. The first-order chi connectivity index (χ1) is 7.27. The van der Waals surface area contributed by atoms with E-state index in [0.717, 1.165) is 28.6 Å². The predicted molar refractivity (Wildman–Crippen MR) is 71.8 cm³/mol. The van der Waals surface area contributed by atoms with E-state index in [1.807, 2.05) is 35.7 Å². The molecule has 0 aliphatic rings. The van der Waals surface area contributed by atoms with E-state index in [-0.39, 0.29) is 0 Å². The number of benzene rings is 1. The summed E-state index contributed by atoms with van der Waals surface area (Å²) in [4.78, 5) is 0. The zero-order valence-electron chi connectivity index (χ0n) is 9.32. The molecule has 0 radical (unpaired) electrons. The molecule has 0 saturated carbocycles. The number of rotatable bonds is 6. The van der Waals surface area contributed by atoms with E-state index >= 15 is 0 Å². The molecule has 1 aromatic rings. The topological polar surface area (TPSA) is 20.2 Å². The Hall–Kier alpha value is -0.280. The van der Waals surface area contributed by atoms with E-state index in [2.05, 4.69) is 19.9 Å². The molecule has 1 N–H and O–H groups in total. The van der Waals surface area contributed by atoms with Gasteiger partial charge in [0.25, 0.3) is 0 Å². The highest BCUT2D eigenvalue weighted by molar-refractivity contribution is 7.98. The van der Waals surface area contributed by atoms with Crippen molar-refractivity contribution in [2.75, 3.05) is 11.5 Å². The van der Waals surface area contributed by atoms with Gasteiger partial charge in [-0.25, -0.2) is 0 Å². The molecule has 0 aliphatic heterocycles. The molecule has 0 saturated heterocycles. The standard InChI is InChI=1S/C12H18OS2/c1-3-14-8-10-5-6-12(13)11(7-10)9-15-4-2/h5-7,13H,3-4,8-9H2,1-2H3.